The maximum absolute atomic E-state index is 11.8. The van der Waals surface area contributed by atoms with E-state index in [-0.39, 0.29) is 17.0 Å². The number of aliphatic hydroxyl groups is 1. The molecule has 5 nitrogen and oxygen atoms in total. The molecule has 0 aliphatic heterocycles. The second kappa shape index (κ2) is 13.6. The zero-order valence-electron chi connectivity index (χ0n) is 20.3. The number of aldehydes is 1. The first-order valence-electron chi connectivity index (χ1n) is 12.0. The highest BCUT2D eigenvalue weighted by atomic mass is 79.9. The molecule has 1 N–H and O–H groups in total. The van der Waals surface area contributed by atoms with Crippen LogP contribution in [0.15, 0.2) is 71.3 Å². The number of rotatable bonds is 14. The second-order valence-electron chi connectivity index (χ2n) is 9.47. The van der Waals surface area contributed by atoms with Crippen molar-refractivity contribution in [2.24, 2.45) is 0 Å². The molecular weight excluding hydrogens is 492 g/mol. The van der Waals surface area contributed by atoms with E-state index in [9.17, 15) is 9.90 Å². The summed E-state index contributed by atoms with van der Waals surface area (Å²) in [6.45, 7) is 1.76. The number of carbonyl (C=O) groups excluding carboxylic acids is 1. The molecule has 0 amide bonds. The first kappa shape index (κ1) is 28.0. The molecule has 0 atom stereocenters. The maximum Gasteiger partial charge on any atom is 0.236 e. The fraction of sp³-hybridized carbons (Fsp3) is 0.429. The number of halogens is 1. The van der Waals surface area contributed by atoms with Gasteiger partial charge in [-0.25, -0.2) is 4.98 Å². The summed E-state index contributed by atoms with van der Waals surface area (Å²) in [4.78, 5) is 14.9. The molecule has 0 spiro atoms. The van der Waals surface area contributed by atoms with Crippen molar-refractivity contribution in [1.29, 1.82) is 0 Å². The lowest BCUT2D eigenvalue weighted by atomic mass is 9.86. The van der Waals surface area contributed by atoms with E-state index < -0.39 is 5.60 Å². The molecule has 0 saturated carbocycles. The molecule has 6 heteroatoms. The Hall–Kier alpha value is -2.28. The van der Waals surface area contributed by atoms with E-state index in [1.807, 2.05) is 60.7 Å². The minimum absolute atomic E-state index is 0. The fourth-order valence-electron chi connectivity index (χ4n) is 4.30. The SMILES string of the molecule is C[N+](C)(CCCCCCCCC=O)Cc1cnc(C(O)(c2ccccc2)c2ccccc2)o1.[Br-]. The van der Waals surface area contributed by atoms with Crippen molar-refractivity contribution in [2.75, 3.05) is 20.6 Å². The average Bonchev–Trinajstić information content (AvgIpc) is 3.29. The summed E-state index contributed by atoms with van der Waals surface area (Å²) >= 11 is 0. The third kappa shape index (κ3) is 7.62. The Morgan fingerprint density at radius 3 is 1.97 bits per heavy atom. The molecule has 1 aromatic heterocycles. The van der Waals surface area contributed by atoms with Gasteiger partial charge in [0.2, 0.25) is 5.89 Å². The van der Waals surface area contributed by atoms with E-state index in [0.717, 1.165) is 53.5 Å². The van der Waals surface area contributed by atoms with Gasteiger partial charge < -0.3 is 35.8 Å². The summed E-state index contributed by atoms with van der Waals surface area (Å²) in [6.07, 6.45) is 10.4. The highest BCUT2D eigenvalue weighted by molar-refractivity contribution is 5.48. The number of hydrogen-bond donors (Lipinski definition) is 1. The number of nitrogens with zero attached hydrogens (tertiary/aromatic N) is 2. The monoisotopic (exact) mass is 528 g/mol. The molecule has 0 saturated heterocycles. The standard InChI is InChI=1S/C28H37N2O3.BrH/c1-30(2,20-14-6-4-3-5-7-15-21-31)23-26-22-29-27(33-26)28(32,24-16-10-8-11-17-24)25-18-12-9-13-19-25;/h8-13,16-19,21-22,32H,3-7,14-15,20,23H2,1-2H3;1H/q+1;/p-1. The average molecular weight is 530 g/mol. The van der Waals surface area contributed by atoms with Crippen LogP contribution in [0.25, 0.3) is 0 Å². The van der Waals surface area contributed by atoms with Crippen LogP contribution >= 0.6 is 0 Å². The van der Waals surface area contributed by atoms with Crippen LogP contribution in [0.5, 0.6) is 0 Å². The molecule has 0 radical (unpaired) electrons. The summed E-state index contributed by atoms with van der Waals surface area (Å²) in [5, 5.41) is 11.8. The van der Waals surface area contributed by atoms with Crippen molar-refractivity contribution in [2.45, 2.75) is 57.1 Å². The molecule has 2 aromatic carbocycles. The minimum atomic E-state index is -1.44. The lowest BCUT2D eigenvalue weighted by Crippen LogP contribution is -3.00. The molecule has 34 heavy (non-hydrogen) atoms. The van der Waals surface area contributed by atoms with E-state index in [4.69, 9.17) is 4.42 Å². The maximum atomic E-state index is 11.8. The van der Waals surface area contributed by atoms with Gasteiger partial charge in [0.1, 0.15) is 12.8 Å². The number of oxazole rings is 1. The molecule has 0 aliphatic rings. The third-order valence-electron chi connectivity index (χ3n) is 6.17. The zero-order chi connectivity index (χ0) is 23.6. The van der Waals surface area contributed by atoms with Crippen molar-refractivity contribution in [3.05, 3.63) is 89.6 Å². The van der Waals surface area contributed by atoms with Gasteiger partial charge in [0.15, 0.2) is 11.4 Å². The minimum Gasteiger partial charge on any atom is -1.00 e. The highest BCUT2D eigenvalue weighted by Gasteiger charge is 2.39. The van der Waals surface area contributed by atoms with Crippen LogP contribution in [0.2, 0.25) is 0 Å². The topological polar surface area (TPSA) is 63.3 Å². The predicted molar refractivity (Wildman–Crippen MR) is 131 cm³/mol. The largest absolute Gasteiger partial charge is 1.00 e. The van der Waals surface area contributed by atoms with E-state index in [0.29, 0.717) is 18.9 Å². The van der Waals surface area contributed by atoms with Gasteiger partial charge in [-0.15, -0.1) is 0 Å². The Labute approximate surface area is 214 Å². The number of aromatic nitrogens is 1. The summed E-state index contributed by atoms with van der Waals surface area (Å²) in [7, 11) is 4.40. The first-order chi connectivity index (χ1) is 16.0. The Kier molecular flexibility index (Phi) is 11.2. The molecule has 0 aliphatic carbocycles. The summed E-state index contributed by atoms with van der Waals surface area (Å²) < 4.78 is 6.97. The Bertz CT molecular complexity index is 934. The molecule has 3 rings (SSSR count). The normalized spacial score (nSPS) is 11.7. The highest BCUT2D eigenvalue weighted by Crippen LogP contribution is 2.36. The van der Waals surface area contributed by atoms with Crippen LogP contribution in [-0.2, 0) is 16.9 Å². The molecule has 184 valence electrons. The van der Waals surface area contributed by atoms with Gasteiger partial charge in [-0.3, -0.25) is 0 Å². The molecule has 3 aromatic rings. The van der Waals surface area contributed by atoms with E-state index in [1.54, 1.807) is 6.20 Å². The second-order valence-corrected chi connectivity index (χ2v) is 9.47. The van der Waals surface area contributed by atoms with Gasteiger partial charge in [0.25, 0.3) is 0 Å². The van der Waals surface area contributed by atoms with Crippen molar-refractivity contribution in [3.63, 3.8) is 0 Å². The summed E-state index contributed by atoms with van der Waals surface area (Å²) in [5.41, 5.74) is 0.0138. The Morgan fingerprint density at radius 1 is 0.882 bits per heavy atom. The summed E-state index contributed by atoms with van der Waals surface area (Å²) in [5.74, 6) is 1.07. The smallest absolute Gasteiger partial charge is 0.236 e. The number of benzene rings is 2. The third-order valence-corrected chi connectivity index (χ3v) is 6.17. The number of unbranched alkanes of at least 4 members (excludes halogenated alkanes) is 6. The Balaban J connectivity index is 0.00000408. The van der Waals surface area contributed by atoms with Crippen LogP contribution in [0.1, 0.15) is 67.7 Å². The van der Waals surface area contributed by atoms with Crippen molar-refractivity contribution in [1.82, 2.24) is 4.98 Å². The first-order valence-corrected chi connectivity index (χ1v) is 12.0. The quantitative estimate of drug-likeness (QED) is 0.198. The molecule has 1 heterocycles. The number of quaternary nitrogens is 1. The zero-order valence-corrected chi connectivity index (χ0v) is 21.9. The molecule has 0 bridgehead atoms. The Morgan fingerprint density at radius 2 is 1.41 bits per heavy atom. The lowest BCUT2D eigenvalue weighted by molar-refractivity contribution is -0.904. The van der Waals surface area contributed by atoms with E-state index in [1.165, 1.54) is 19.3 Å². The van der Waals surface area contributed by atoms with Crippen molar-refractivity contribution in [3.8, 4) is 0 Å². The molecule has 0 fully saturated rings. The van der Waals surface area contributed by atoms with Gasteiger partial charge in [0.05, 0.1) is 26.8 Å². The van der Waals surface area contributed by atoms with Gasteiger partial charge in [-0.2, -0.15) is 0 Å². The van der Waals surface area contributed by atoms with Crippen LogP contribution in [-0.4, -0.2) is 41.5 Å². The molecule has 0 unspecified atom stereocenters. The van der Waals surface area contributed by atoms with Crippen LogP contribution in [0, 0.1) is 0 Å². The van der Waals surface area contributed by atoms with Gasteiger partial charge in [0, 0.05) is 6.42 Å². The fourth-order valence-corrected chi connectivity index (χ4v) is 4.30. The number of carbonyl (C=O) groups is 1. The van der Waals surface area contributed by atoms with E-state index >= 15 is 0 Å². The van der Waals surface area contributed by atoms with Crippen LogP contribution in [0.3, 0.4) is 0 Å². The van der Waals surface area contributed by atoms with E-state index in [2.05, 4.69) is 19.1 Å². The summed E-state index contributed by atoms with van der Waals surface area (Å²) in [6, 6.07) is 19.1. The van der Waals surface area contributed by atoms with Crippen molar-refractivity contribution < 1.29 is 35.8 Å². The number of hydrogen-bond acceptors (Lipinski definition) is 4. The van der Waals surface area contributed by atoms with Gasteiger partial charge in [-0.05, 0) is 30.4 Å². The lowest BCUT2D eigenvalue weighted by Gasteiger charge is -2.29. The molecular formula is C28H37BrN2O3. The van der Waals surface area contributed by atoms with Gasteiger partial charge >= 0.3 is 0 Å². The van der Waals surface area contributed by atoms with Crippen molar-refractivity contribution >= 4 is 6.29 Å². The predicted octanol–water partition coefficient (Wildman–Crippen LogP) is 2.47. The van der Waals surface area contributed by atoms with Crippen LogP contribution < -0.4 is 17.0 Å². The van der Waals surface area contributed by atoms with Crippen LogP contribution in [0.4, 0.5) is 0 Å². The van der Waals surface area contributed by atoms with Gasteiger partial charge in [-0.1, -0.05) is 79.9 Å².